The van der Waals surface area contributed by atoms with Crippen LogP contribution >= 0.6 is 22.9 Å². The Kier molecular flexibility index (Phi) is 5.90. The topological polar surface area (TPSA) is 57.4 Å². The van der Waals surface area contributed by atoms with Crippen LogP contribution in [0.1, 0.15) is 22.3 Å². The van der Waals surface area contributed by atoms with Gasteiger partial charge >= 0.3 is 0 Å². The molecule has 1 unspecified atom stereocenters. The van der Waals surface area contributed by atoms with Crippen LogP contribution in [0.2, 0.25) is 5.15 Å². The Morgan fingerprint density at radius 2 is 1.88 bits per heavy atom. The number of hydrogen-bond acceptors (Lipinski definition) is 6. The molecule has 0 radical (unpaired) electrons. The van der Waals surface area contributed by atoms with Crippen LogP contribution in [0.15, 0.2) is 82.7 Å². The number of ether oxygens (including phenoxy) is 2. The summed E-state index contributed by atoms with van der Waals surface area (Å²) in [6.07, 6.45) is -0.367. The normalized spacial score (nSPS) is 12.2. The second kappa shape index (κ2) is 9.12. The first-order chi connectivity index (χ1) is 15.7. The molecular formula is C25H19ClN2O3S. The van der Waals surface area contributed by atoms with E-state index in [4.69, 9.17) is 25.6 Å². The number of halogens is 1. The van der Waals surface area contributed by atoms with E-state index >= 15 is 0 Å². The third-order valence-electron chi connectivity index (χ3n) is 5.13. The van der Waals surface area contributed by atoms with E-state index in [0.29, 0.717) is 10.9 Å². The fourth-order valence-electron chi connectivity index (χ4n) is 3.50. The average Bonchev–Trinajstić information content (AvgIpc) is 3.52. The first-order valence-electron chi connectivity index (χ1n) is 10.0. The standard InChI is InChI=1S/C25H19ClN2O3S/c1-29-18-10-8-16(9-11-18)22-14-19(31-28-22)15-30-24(23-7-4-12-32-23)20-13-17-5-2-3-6-21(17)27-25(20)26/h2-14,24H,15H2,1H3. The summed E-state index contributed by atoms with van der Waals surface area (Å²) in [4.78, 5) is 5.60. The fraction of sp³-hybridized carbons (Fsp3) is 0.120. The Labute approximate surface area is 194 Å². The smallest absolute Gasteiger partial charge is 0.163 e. The molecule has 0 saturated carbocycles. The molecule has 0 fully saturated rings. The summed E-state index contributed by atoms with van der Waals surface area (Å²) in [5, 5.41) is 7.64. The summed E-state index contributed by atoms with van der Waals surface area (Å²) in [5.74, 6) is 1.42. The van der Waals surface area contributed by atoms with Crippen molar-refractivity contribution in [3.8, 4) is 17.0 Å². The maximum atomic E-state index is 6.57. The van der Waals surface area contributed by atoms with Gasteiger partial charge in [-0.3, -0.25) is 0 Å². The zero-order chi connectivity index (χ0) is 21.9. The van der Waals surface area contributed by atoms with Crippen LogP contribution in [-0.2, 0) is 11.3 Å². The van der Waals surface area contributed by atoms with E-state index in [0.717, 1.165) is 38.4 Å². The molecule has 0 bridgehead atoms. The van der Waals surface area contributed by atoms with Crippen LogP contribution in [0.3, 0.4) is 0 Å². The highest BCUT2D eigenvalue weighted by molar-refractivity contribution is 7.10. The van der Waals surface area contributed by atoms with Crippen molar-refractivity contribution in [3.05, 3.63) is 99.5 Å². The SMILES string of the molecule is COc1ccc(-c2cc(COC(c3cccs3)c3cc4ccccc4nc3Cl)on2)cc1. The Hall–Kier alpha value is -3.19. The number of fused-ring (bicyclic) bond motifs is 1. The number of aromatic nitrogens is 2. The van der Waals surface area contributed by atoms with Gasteiger partial charge in [0.25, 0.3) is 0 Å². The maximum Gasteiger partial charge on any atom is 0.163 e. The summed E-state index contributed by atoms with van der Waals surface area (Å²) in [5.41, 5.74) is 3.36. The van der Waals surface area contributed by atoms with Crippen molar-refractivity contribution in [2.45, 2.75) is 12.7 Å². The highest BCUT2D eigenvalue weighted by Gasteiger charge is 2.22. The Balaban J connectivity index is 1.40. The van der Waals surface area contributed by atoms with Gasteiger partial charge in [-0.05, 0) is 47.8 Å². The second-order valence-electron chi connectivity index (χ2n) is 7.17. The van der Waals surface area contributed by atoms with Gasteiger partial charge in [0.1, 0.15) is 29.3 Å². The molecule has 5 nitrogen and oxygen atoms in total. The minimum Gasteiger partial charge on any atom is -0.497 e. The highest BCUT2D eigenvalue weighted by atomic mass is 35.5. The molecule has 5 rings (SSSR count). The Morgan fingerprint density at radius 1 is 1.03 bits per heavy atom. The van der Waals surface area contributed by atoms with Crippen molar-refractivity contribution in [1.29, 1.82) is 0 Å². The minimum absolute atomic E-state index is 0.245. The predicted molar refractivity (Wildman–Crippen MR) is 126 cm³/mol. The minimum atomic E-state index is -0.367. The zero-order valence-corrected chi connectivity index (χ0v) is 18.8. The molecule has 0 spiro atoms. The molecule has 0 amide bonds. The maximum absolute atomic E-state index is 6.57. The zero-order valence-electron chi connectivity index (χ0n) is 17.2. The molecule has 5 aromatic rings. The summed E-state index contributed by atoms with van der Waals surface area (Å²) in [6, 6.07) is 23.5. The van der Waals surface area contributed by atoms with Crippen LogP contribution in [0.25, 0.3) is 22.2 Å². The van der Waals surface area contributed by atoms with Gasteiger partial charge in [0.2, 0.25) is 0 Å². The number of thiophene rings is 1. The summed E-state index contributed by atoms with van der Waals surface area (Å²) < 4.78 is 17.0. The monoisotopic (exact) mass is 462 g/mol. The average molecular weight is 463 g/mol. The first kappa shape index (κ1) is 20.7. The van der Waals surface area contributed by atoms with Gasteiger partial charge in [-0.15, -0.1) is 11.3 Å². The van der Waals surface area contributed by atoms with E-state index in [9.17, 15) is 0 Å². The summed E-state index contributed by atoms with van der Waals surface area (Å²) >= 11 is 8.18. The third kappa shape index (κ3) is 4.25. The lowest BCUT2D eigenvalue weighted by atomic mass is 10.1. The fourth-order valence-corrected chi connectivity index (χ4v) is 4.54. The first-order valence-corrected chi connectivity index (χ1v) is 11.3. The van der Waals surface area contributed by atoms with Crippen LogP contribution in [0.4, 0.5) is 0 Å². The molecule has 3 aromatic heterocycles. The van der Waals surface area contributed by atoms with Gasteiger partial charge in [0.05, 0.1) is 12.6 Å². The van der Waals surface area contributed by atoms with Crippen LogP contribution in [-0.4, -0.2) is 17.3 Å². The summed E-state index contributed by atoms with van der Waals surface area (Å²) in [7, 11) is 1.64. The van der Waals surface area contributed by atoms with Crippen molar-refractivity contribution in [1.82, 2.24) is 10.1 Å². The van der Waals surface area contributed by atoms with Gasteiger partial charge < -0.3 is 14.0 Å². The molecule has 0 N–H and O–H groups in total. The number of methoxy groups -OCH3 is 1. The number of hydrogen-bond donors (Lipinski definition) is 0. The largest absolute Gasteiger partial charge is 0.497 e. The van der Waals surface area contributed by atoms with Crippen molar-refractivity contribution >= 4 is 33.8 Å². The van der Waals surface area contributed by atoms with E-state index in [1.807, 2.05) is 78.2 Å². The van der Waals surface area contributed by atoms with Gasteiger partial charge in [-0.2, -0.15) is 0 Å². The number of para-hydroxylation sites is 1. The lowest BCUT2D eigenvalue weighted by Gasteiger charge is -2.18. The van der Waals surface area contributed by atoms with Gasteiger partial charge in [0.15, 0.2) is 5.76 Å². The molecule has 7 heteroatoms. The van der Waals surface area contributed by atoms with Crippen LogP contribution in [0.5, 0.6) is 5.75 Å². The van der Waals surface area contributed by atoms with E-state index in [1.165, 1.54) is 0 Å². The van der Waals surface area contributed by atoms with E-state index in [-0.39, 0.29) is 12.7 Å². The molecule has 0 aliphatic heterocycles. The number of pyridine rings is 1. The molecule has 160 valence electrons. The van der Waals surface area contributed by atoms with Crippen molar-refractivity contribution in [3.63, 3.8) is 0 Å². The van der Waals surface area contributed by atoms with Crippen LogP contribution in [0, 0.1) is 0 Å². The van der Waals surface area contributed by atoms with Crippen molar-refractivity contribution in [2.24, 2.45) is 0 Å². The molecule has 2 aromatic carbocycles. The highest BCUT2D eigenvalue weighted by Crippen LogP contribution is 2.36. The van der Waals surface area contributed by atoms with Crippen LogP contribution < -0.4 is 4.74 Å². The van der Waals surface area contributed by atoms with E-state index < -0.39 is 0 Å². The Morgan fingerprint density at radius 3 is 2.66 bits per heavy atom. The number of rotatable bonds is 7. The molecule has 32 heavy (non-hydrogen) atoms. The van der Waals surface area contributed by atoms with E-state index in [1.54, 1.807) is 18.4 Å². The van der Waals surface area contributed by atoms with E-state index in [2.05, 4.69) is 10.1 Å². The second-order valence-corrected chi connectivity index (χ2v) is 8.51. The summed E-state index contributed by atoms with van der Waals surface area (Å²) in [6.45, 7) is 0.245. The molecule has 1 atom stereocenters. The van der Waals surface area contributed by atoms with Gasteiger partial charge in [-0.1, -0.05) is 41.0 Å². The Bertz CT molecular complexity index is 1330. The van der Waals surface area contributed by atoms with Crippen molar-refractivity contribution < 1.29 is 14.0 Å². The lowest BCUT2D eigenvalue weighted by molar-refractivity contribution is 0.0541. The molecule has 0 aliphatic carbocycles. The number of benzene rings is 2. The molecular weight excluding hydrogens is 444 g/mol. The third-order valence-corrected chi connectivity index (χ3v) is 6.34. The quantitative estimate of drug-likeness (QED) is 0.246. The molecule has 3 heterocycles. The van der Waals surface area contributed by atoms with Crippen molar-refractivity contribution in [2.75, 3.05) is 7.11 Å². The van der Waals surface area contributed by atoms with Gasteiger partial charge in [0, 0.05) is 27.5 Å². The van der Waals surface area contributed by atoms with Gasteiger partial charge in [-0.25, -0.2) is 4.98 Å². The predicted octanol–water partition coefficient (Wildman–Crippen LogP) is 6.92. The number of nitrogens with zero attached hydrogens (tertiary/aromatic N) is 2. The lowest BCUT2D eigenvalue weighted by Crippen LogP contribution is -2.06. The molecule has 0 aliphatic rings. The molecule has 0 saturated heterocycles.